The van der Waals surface area contributed by atoms with E-state index in [4.69, 9.17) is 9.47 Å². The Labute approximate surface area is 120 Å². The molecule has 3 aliphatic rings. The number of fused-ring (bicyclic) bond motifs is 2. The van der Waals surface area contributed by atoms with E-state index >= 15 is 0 Å². The predicted octanol–water partition coefficient (Wildman–Crippen LogP) is 2.41. The van der Waals surface area contributed by atoms with E-state index in [2.05, 4.69) is 6.58 Å². The number of hydrogen-bond acceptors (Lipinski definition) is 4. The summed E-state index contributed by atoms with van der Waals surface area (Å²) in [4.78, 5) is 12.5. The highest BCUT2D eigenvalue weighted by Crippen LogP contribution is 2.64. The normalized spacial score (nSPS) is 44.4. The summed E-state index contributed by atoms with van der Waals surface area (Å²) in [5.41, 5.74) is 0.683. The maximum absolute atomic E-state index is 12.5. The summed E-state index contributed by atoms with van der Waals surface area (Å²) in [5, 5.41) is 9.79. The SMILES string of the molecule is C=C1CCCC2C(C(=O)OC)(CC[C@@]23COC(O)C3)C1. The molecule has 0 bridgehead atoms. The molecule has 4 heteroatoms. The zero-order chi connectivity index (χ0) is 14.4. The molecule has 1 saturated heterocycles. The largest absolute Gasteiger partial charge is 0.469 e. The highest BCUT2D eigenvalue weighted by atomic mass is 16.6. The van der Waals surface area contributed by atoms with E-state index in [-0.39, 0.29) is 17.3 Å². The van der Waals surface area contributed by atoms with Gasteiger partial charge in [0.25, 0.3) is 0 Å². The number of ether oxygens (including phenoxy) is 2. The van der Waals surface area contributed by atoms with Gasteiger partial charge in [0.15, 0.2) is 6.29 Å². The standard InChI is InChI=1S/C16H24O4/c1-11-4-3-5-12-15(9-13(17)20-10-15)6-7-16(12,8-11)14(18)19-2/h12-13,17H,1,3-10H2,2H3/t12?,13?,15-,16?/m1/s1. The van der Waals surface area contributed by atoms with Crippen LogP contribution >= 0.6 is 0 Å². The highest BCUT2D eigenvalue weighted by Gasteiger charge is 2.63. The van der Waals surface area contributed by atoms with Crippen LogP contribution in [0.5, 0.6) is 0 Å². The summed E-state index contributed by atoms with van der Waals surface area (Å²) in [5.74, 6) is 0.155. The molecule has 0 aromatic heterocycles. The Kier molecular flexibility index (Phi) is 3.41. The zero-order valence-corrected chi connectivity index (χ0v) is 12.2. The van der Waals surface area contributed by atoms with E-state index in [1.165, 1.54) is 7.11 Å². The lowest BCUT2D eigenvalue weighted by atomic mass is 9.65. The number of allylic oxidation sites excluding steroid dienone is 1. The van der Waals surface area contributed by atoms with E-state index in [1.54, 1.807) is 0 Å². The molecule has 1 N–H and O–H groups in total. The van der Waals surface area contributed by atoms with Crippen LogP contribution in [0.15, 0.2) is 12.2 Å². The average Bonchev–Trinajstić information content (AvgIpc) is 2.87. The molecule has 112 valence electrons. The van der Waals surface area contributed by atoms with Crippen molar-refractivity contribution in [2.24, 2.45) is 16.7 Å². The third-order valence-electron chi connectivity index (χ3n) is 5.80. The van der Waals surface area contributed by atoms with Gasteiger partial charge in [-0.15, -0.1) is 0 Å². The first-order valence-electron chi connectivity index (χ1n) is 7.57. The molecular formula is C16H24O4. The van der Waals surface area contributed by atoms with Crippen LogP contribution in [-0.2, 0) is 14.3 Å². The van der Waals surface area contributed by atoms with Crippen LogP contribution in [0, 0.1) is 16.7 Å². The average molecular weight is 280 g/mol. The minimum absolute atomic E-state index is 0.0434. The molecule has 1 aliphatic heterocycles. The maximum Gasteiger partial charge on any atom is 0.312 e. The Bertz CT molecular complexity index is 432. The maximum atomic E-state index is 12.5. The number of esters is 1. The zero-order valence-electron chi connectivity index (χ0n) is 12.2. The second-order valence-electron chi connectivity index (χ2n) is 6.85. The fourth-order valence-electron chi connectivity index (χ4n) is 4.96. The second kappa shape index (κ2) is 4.85. The van der Waals surface area contributed by atoms with Crippen molar-refractivity contribution < 1.29 is 19.4 Å². The Morgan fingerprint density at radius 1 is 1.50 bits per heavy atom. The van der Waals surface area contributed by atoms with E-state index in [0.717, 1.165) is 44.1 Å². The molecular weight excluding hydrogens is 256 g/mol. The molecule has 2 saturated carbocycles. The lowest BCUT2D eigenvalue weighted by molar-refractivity contribution is -0.156. The van der Waals surface area contributed by atoms with Crippen LogP contribution in [-0.4, -0.2) is 31.1 Å². The first-order chi connectivity index (χ1) is 9.52. The lowest BCUT2D eigenvalue weighted by Crippen LogP contribution is -2.41. The van der Waals surface area contributed by atoms with Crippen LogP contribution in [0.4, 0.5) is 0 Å². The summed E-state index contributed by atoms with van der Waals surface area (Å²) in [6.45, 7) is 4.71. The van der Waals surface area contributed by atoms with Gasteiger partial charge in [-0.25, -0.2) is 0 Å². The van der Waals surface area contributed by atoms with Gasteiger partial charge in [0, 0.05) is 11.8 Å². The Balaban J connectivity index is 1.98. The number of aliphatic hydroxyl groups excluding tert-OH is 1. The first kappa shape index (κ1) is 14.1. The number of aliphatic hydroxyl groups is 1. The minimum Gasteiger partial charge on any atom is -0.469 e. The first-order valence-corrected chi connectivity index (χ1v) is 7.57. The van der Waals surface area contributed by atoms with Crippen molar-refractivity contribution in [1.82, 2.24) is 0 Å². The van der Waals surface area contributed by atoms with Crippen molar-refractivity contribution in [2.75, 3.05) is 13.7 Å². The van der Waals surface area contributed by atoms with Crippen LogP contribution < -0.4 is 0 Å². The number of methoxy groups -OCH3 is 1. The van der Waals surface area contributed by atoms with Gasteiger partial charge in [0.05, 0.1) is 19.1 Å². The van der Waals surface area contributed by atoms with Gasteiger partial charge in [-0.05, 0) is 44.4 Å². The summed E-state index contributed by atoms with van der Waals surface area (Å²) >= 11 is 0. The molecule has 20 heavy (non-hydrogen) atoms. The fourth-order valence-corrected chi connectivity index (χ4v) is 4.96. The number of rotatable bonds is 1. The van der Waals surface area contributed by atoms with Crippen molar-refractivity contribution in [1.29, 1.82) is 0 Å². The van der Waals surface area contributed by atoms with Crippen LogP contribution in [0.2, 0.25) is 0 Å². The van der Waals surface area contributed by atoms with Crippen LogP contribution in [0.25, 0.3) is 0 Å². The predicted molar refractivity (Wildman–Crippen MR) is 73.8 cm³/mol. The Morgan fingerprint density at radius 2 is 2.30 bits per heavy atom. The van der Waals surface area contributed by atoms with Gasteiger partial charge in [0.1, 0.15) is 0 Å². The number of carbonyl (C=O) groups excluding carboxylic acids is 1. The van der Waals surface area contributed by atoms with Crippen molar-refractivity contribution >= 4 is 5.97 Å². The fraction of sp³-hybridized carbons (Fsp3) is 0.812. The van der Waals surface area contributed by atoms with E-state index in [1.807, 2.05) is 0 Å². The molecule has 4 nitrogen and oxygen atoms in total. The van der Waals surface area contributed by atoms with Crippen molar-refractivity contribution in [3.8, 4) is 0 Å². The lowest BCUT2D eigenvalue weighted by Gasteiger charge is -2.38. The molecule has 2 aliphatic carbocycles. The molecule has 1 heterocycles. The van der Waals surface area contributed by atoms with E-state index in [9.17, 15) is 9.90 Å². The van der Waals surface area contributed by atoms with Crippen LogP contribution in [0.1, 0.15) is 44.9 Å². The molecule has 3 unspecified atom stereocenters. The van der Waals surface area contributed by atoms with Crippen molar-refractivity contribution in [3.05, 3.63) is 12.2 Å². The monoisotopic (exact) mass is 280 g/mol. The van der Waals surface area contributed by atoms with Gasteiger partial charge in [-0.3, -0.25) is 4.79 Å². The molecule has 0 aromatic rings. The molecule has 1 spiro atoms. The molecule has 4 atom stereocenters. The van der Waals surface area contributed by atoms with Gasteiger partial charge >= 0.3 is 5.97 Å². The third-order valence-corrected chi connectivity index (χ3v) is 5.80. The third kappa shape index (κ3) is 1.92. The summed E-state index contributed by atoms with van der Waals surface area (Å²) in [6.07, 6.45) is 5.57. The summed E-state index contributed by atoms with van der Waals surface area (Å²) in [7, 11) is 1.48. The van der Waals surface area contributed by atoms with Gasteiger partial charge in [0.2, 0.25) is 0 Å². The minimum atomic E-state index is -0.671. The van der Waals surface area contributed by atoms with Crippen molar-refractivity contribution in [3.63, 3.8) is 0 Å². The Hall–Kier alpha value is -0.870. The molecule has 3 fully saturated rings. The molecule has 0 amide bonds. The van der Waals surface area contributed by atoms with E-state index < -0.39 is 11.7 Å². The molecule has 3 rings (SSSR count). The quantitative estimate of drug-likeness (QED) is 0.592. The Morgan fingerprint density at radius 3 is 2.95 bits per heavy atom. The summed E-state index contributed by atoms with van der Waals surface area (Å²) < 4.78 is 10.6. The topological polar surface area (TPSA) is 55.8 Å². The highest BCUT2D eigenvalue weighted by molar-refractivity contribution is 5.78. The van der Waals surface area contributed by atoms with Crippen molar-refractivity contribution in [2.45, 2.75) is 51.2 Å². The van der Waals surface area contributed by atoms with Gasteiger partial charge in [-0.2, -0.15) is 0 Å². The molecule has 0 aromatic carbocycles. The number of hydrogen-bond donors (Lipinski definition) is 1. The van der Waals surface area contributed by atoms with Gasteiger partial charge < -0.3 is 14.6 Å². The number of carbonyl (C=O) groups is 1. The summed E-state index contributed by atoms with van der Waals surface area (Å²) in [6, 6.07) is 0. The van der Waals surface area contributed by atoms with E-state index in [0.29, 0.717) is 13.0 Å². The smallest absolute Gasteiger partial charge is 0.312 e. The second-order valence-corrected chi connectivity index (χ2v) is 6.85. The van der Waals surface area contributed by atoms with Crippen LogP contribution in [0.3, 0.4) is 0 Å². The van der Waals surface area contributed by atoms with Gasteiger partial charge in [-0.1, -0.05) is 12.2 Å². The molecule has 0 radical (unpaired) electrons.